The van der Waals surface area contributed by atoms with E-state index in [9.17, 15) is 5.53 Å². The smallest absolute Gasteiger partial charge is 0.119 e. The number of azide groups is 1. The molecule has 1 saturated heterocycles. The van der Waals surface area contributed by atoms with Crippen LogP contribution in [0, 0.1) is 6.92 Å². The van der Waals surface area contributed by atoms with E-state index >= 15 is 0 Å². The number of hydrogen-bond acceptors (Lipinski definition) is 6. The Bertz CT molecular complexity index is 1400. The first-order valence-electron chi connectivity index (χ1n) is 14.1. The van der Waals surface area contributed by atoms with Gasteiger partial charge >= 0.3 is 0 Å². The van der Waals surface area contributed by atoms with Crippen molar-refractivity contribution in [2.24, 2.45) is 5.11 Å². The lowest BCUT2D eigenvalue weighted by atomic mass is 9.97. The fourth-order valence-electron chi connectivity index (χ4n) is 4.85. The molecule has 0 unspecified atom stereocenters. The van der Waals surface area contributed by atoms with Gasteiger partial charge in [-0.05, 0) is 41.3 Å². The summed E-state index contributed by atoms with van der Waals surface area (Å²) in [6.07, 6.45) is -1.59. The second-order valence-electron chi connectivity index (χ2n) is 10.2. The molecule has 1 heterocycles. The summed E-state index contributed by atoms with van der Waals surface area (Å²) in [5, 5.41) is 4.23. The van der Waals surface area contributed by atoms with Crippen LogP contribution in [0.25, 0.3) is 10.4 Å². The van der Waals surface area contributed by atoms with Crippen molar-refractivity contribution < 1.29 is 18.9 Å². The third kappa shape index (κ3) is 8.46. The average molecular weight is 582 g/mol. The van der Waals surface area contributed by atoms with Crippen molar-refractivity contribution in [3.05, 3.63) is 148 Å². The van der Waals surface area contributed by atoms with Crippen LogP contribution in [0.15, 0.2) is 125 Å². The number of rotatable bonds is 13. The van der Waals surface area contributed by atoms with Crippen LogP contribution >= 0.6 is 11.8 Å². The molecule has 42 heavy (non-hydrogen) atoms. The molecule has 5 rings (SSSR count). The lowest BCUT2D eigenvalue weighted by Gasteiger charge is -2.44. The van der Waals surface area contributed by atoms with E-state index < -0.39 is 29.8 Å². The molecule has 1 fully saturated rings. The largest absolute Gasteiger partial charge is 0.374 e. The molecule has 0 N–H and O–H groups in total. The fourth-order valence-corrected chi connectivity index (χ4v) is 5.96. The molecule has 0 bridgehead atoms. The van der Waals surface area contributed by atoms with Gasteiger partial charge < -0.3 is 18.9 Å². The molecule has 0 aliphatic carbocycles. The first-order valence-corrected chi connectivity index (χ1v) is 14.9. The molecule has 4 aromatic rings. The van der Waals surface area contributed by atoms with E-state index in [-0.39, 0.29) is 6.61 Å². The van der Waals surface area contributed by atoms with E-state index in [1.807, 2.05) is 91.0 Å². The van der Waals surface area contributed by atoms with Gasteiger partial charge in [-0.1, -0.05) is 126 Å². The van der Waals surface area contributed by atoms with E-state index in [0.717, 1.165) is 21.6 Å². The highest BCUT2D eigenvalue weighted by molar-refractivity contribution is 7.99. The molecule has 8 heteroatoms. The maximum atomic E-state index is 9.64. The summed E-state index contributed by atoms with van der Waals surface area (Å²) in [5.41, 5.74) is 13.4. The van der Waals surface area contributed by atoms with Gasteiger partial charge in [0.1, 0.15) is 23.7 Å². The van der Waals surface area contributed by atoms with E-state index in [0.29, 0.717) is 19.8 Å². The van der Waals surface area contributed by atoms with Gasteiger partial charge in [0, 0.05) is 9.81 Å². The van der Waals surface area contributed by atoms with Crippen LogP contribution in [0.4, 0.5) is 0 Å². The van der Waals surface area contributed by atoms with Crippen molar-refractivity contribution in [3.8, 4) is 0 Å². The molecule has 0 amide bonds. The molecule has 0 saturated carbocycles. The Balaban J connectivity index is 1.43. The summed E-state index contributed by atoms with van der Waals surface area (Å²) in [4.78, 5) is 4.23. The van der Waals surface area contributed by atoms with Crippen molar-refractivity contribution in [1.29, 1.82) is 0 Å². The van der Waals surface area contributed by atoms with E-state index in [2.05, 4.69) is 41.2 Å². The Hall–Kier alpha value is -3.62. The summed E-state index contributed by atoms with van der Waals surface area (Å²) < 4.78 is 26.0. The van der Waals surface area contributed by atoms with Gasteiger partial charge in [0.05, 0.1) is 32.5 Å². The summed E-state index contributed by atoms with van der Waals surface area (Å²) in [6, 6.07) is 37.6. The van der Waals surface area contributed by atoms with Crippen molar-refractivity contribution in [2.75, 3.05) is 6.61 Å². The van der Waals surface area contributed by atoms with Gasteiger partial charge in [-0.2, -0.15) is 0 Å². The lowest BCUT2D eigenvalue weighted by Crippen LogP contribution is -2.58. The van der Waals surface area contributed by atoms with E-state index in [1.54, 1.807) is 0 Å². The normalized spacial score (nSPS) is 21.9. The van der Waals surface area contributed by atoms with Crippen molar-refractivity contribution in [1.82, 2.24) is 0 Å². The maximum absolute atomic E-state index is 9.64. The van der Waals surface area contributed by atoms with Gasteiger partial charge in [0.2, 0.25) is 0 Å². The monoisotopic (exact) mass is 581 g/mol. The van der Waals surface area contributed by atoms with Gasteiger partial charge in [0.25, 0.3) is 0 Å². The molecule has 4 aromatic carbocycles. The Morgan fingerprint density at radius 3 is 1.79 bits per heavy atom. The van der Waals surface area contributed by atoms with Crippen molar-refractivity contribution in [2.45, 2.75) is 61.4 Å². The standard InChI is InChI=1S/C34H35N3O4S/c1-25-17-19-29(20-18-25)42-34-31(36-37-35)33(40-23-28-15-9-4-10-16-28)32(39-22-27-13-7-3-8-14-27)30(41-34)24-38-21-26-11-5-2-6-12-26/h2-20,30-34H,21-24H2,1H3/t30-,31+,32-,33-,34-/m1/s1. The molecule has 0 aromatic heterocycles. The summed E-state index contributed by atoms with van der Waals surface area (Å²) in [6.45, 7) is 3.48. The number of benzene rings is 4. The third-order valence-corrected chi connectivity index (χ3v) is 8.20. The van der Waals surface area contributed by atoms with Crippen molar-refractivity contribution in [3.63, 3.8) is 0 Å². The summed E-state index contributed by atoms with van der Waals surface area (Å²) >= 11 is 1.52. The number of hydrogen-bond donors (Lipinski definition) is 0. The van der Waals surface area contributed by atoms with Crippen LogP contribution in [0.5, 0.6) is 0 Å². The highest BCUT2D eigenvalue weighted by Crippen LogP contribution is 2.38. The Morgan fingerprint density at radius 2 is 1.24 bits per heavy atom. The number of nitrogens with zero attached hydrogens (tertiary/aromatic N) is 3. The summed E-state index contributed by atoms with van der Waals surface area (Å²) in [7, 11) is 0. The predicted molar refractivity (Wildman–Crippen MR) is 165 cm³/mol. The highest BCUT2D eigenvalue weighted by atomic mass is 32.2. The number of ether oxygens (including phenoxy) is 4. The van der Waals surface area contributed by atoms with Gasteiger partial charge in [-0.15, -0.1) is 0 Å². The quantitative estimate of drug-likeness (QED) is 0.0911. The van der Waals surface area contributed by atoms with E-state index in [4.69, 9.17) is 18.9 Å². The van der Waals surface area contributed by atoms with Gasteiger partial charge in [0.15, 0.2) is 0 Å². The number of thioether (sulfide) groups is 1. The zero-order chi connectivity index (χ0) is 29.0. The predicted octanol–water partition coefficient (Wildman–Crippen LogP) is 7.88. The second kappa shape index (κ2) is 15.6. The summed E-state index contributed by atoms with van der Waals surface area (Å²) in [5.74, 6) is 0. The van der Waals surface area contributed by atoms with Crippen LogP contribution in [0.3, 0.4) is 0 Å². The first kappa shape index (κ1) is 29.9. The Morgan fingerprint density at radius 1 is 0.714 bits per heavy atom. The molecule has 1 aliphatic heterocycles. The molecular formula is C34H35N3O4S. The van der Waals surface area contributed by atoms with Crippen LogP contribution < -0.4 is 0 Å². The molecule has 0 radical (unpaired) electrons. The van der Waals surface area contributed by atoms with Crippen LogP contribution in [-0.4, -0.2) is 36.4 Å². The van der Waals surface area contributed by atoms with Crippen molar-refractivity contribution >= 4 is 11.8 Å². The average Bonchev–Trinajstić information content (AvgIpc) is 3.03. The lowest BCUT2D eigenvalue weighted by molar-refractivity contribution is -0.211. The molecule has 1 aliphatic rings. The minimum absolute atomic E-state index is 0.285. The molecule has 5 atom stereocenters. The third-order valence-electron chi connectivity index (χ3n) is 7.04. The minimum Gasteiger partial charge on any atom is -0.374 e. The molecule has 0 spiro atoms. The zero-order valence-electron chi connectivity index (χ0n) is 23.6. The fraction of sp³-hybridized carbons (Fsp3) is 0.294. The maximum Gasteiger partial charge on any atom is 0.119 e. The Labute approximate surface area is 251 Å². The molecule has 216 valence electrons. The highest BCUT2D eigenvalue weighted by Gasteiger charge is 2.47. The number of aryl methyl sites for hydroxylation is 1. The SMILES string of the molecule is Cc1ccc(S[C@H]2O[C@H](COCc3ccccc3)[C@@H](OCc3ccccc3)[C@H](OCc3ccccc3)[C@@H]2N=[N+]=[N-])cc1. The van der Waals surface area contributed by atoms with Gasteiger partial charge in [-0.25, -0.2) is 0 Å². The van der Waals surface area contributed by atoms with E-state index in [1.165, 1.54) is 17.3 Å². The van der Waals surface area contributed by atoms with Crippen LogP contribution in [0.1, 0.15) is 22.3 Å². The molecular weight excluding hydrogens is 546 g/mol. The first-order chi connectivity index (χ1) is 20.7. The second-order valence-corrected chi connectivity index (χ2v) is 11.4. The zero-order valence-corrected chi connectivity index (χ0v) is 24.4. The topological polar surface area (TPSA) is 85.7 Å². The molecule has 7 nitrogen and oxygen atoms in total. The Kier molecular flexibility index (Phi) is 11.1. The van der Waals surface area contributed by atoms with Gasteiger partial charge in [-0.3, -0.25) is 0 Å². The minimum atomic E-state index is -0.642. The van der Waals surface area contributed by atoms with Crippen LogP contribution in [-0.2, 0) is 38.8 Å². The van der Waals surface area contributed by atoms with Crippen LogP contribution in [0.2, 0.25) is 0 Å².